The number of para-hydroxylation sites is 1. The van der Waals surface area contributed by atoms with E-state index in [1.54, 1.807) is 30.2 Å². The van der Waals surface area contributed by atoms with Gasteiger partial charge in [-0.1, -0.05) is 18.2 Å². The Bertz CT molecular complexity index is 1010. The fourth-order valence-electron chi connectivity index (χ4n) is 3.62. The first kappa shape index (κ1) is 18.3. The van der Waals surface area contributed by atoms with E-state index in [9.17, 15) is 14.9 Å². The maximum Gasteiger partial charge on any atom is 0.275 e. The van der Waals surface area contributed by atoms with Gasteiger partial charge in [0.05, 0.1) is 27.1 Å². The van der Waals surface area contributed by atoms with Gasteiger partial charge in [0.15, 0.2) is 5.69 Å². The second kappa shape index (κ2) is 7.53. The van der Waals surface area contributed by atoms with Crippen molar-refractivity contribution in [2.75, 3.05) is 20.3 Å². The maximum absolute atomic E-state index is 13.1. The summed E-state index contributed by atoms with van der Waals surface area (Å²) in [7, 11) is 1.60. The number of amides is 1. The normalized spacial score (nSPS) is 15.8. The van der Waals surface area contributed by atoms with Crippen molar-refractivity contribution in [3.8, 4) is 10.6 Å². The minimum Gasteiger partial charge on any atom is -0.385 e. The van der Waals surface area contributed by atoms with Gasteiger partial charge in [0.1, 0.15) is 0 Å². The van der Waals surface area contributed by atoms with Crippen molar-refractivity contribution in [3.05, 3.63) is 68.7 Å². The van der Waals surface area contributed by atoms with E-state index in [2.05, 4.69) is 10.2 Å². The van der Waals surface area contributed by atoms with Crippen molar-refractivity contribution in [2.24, 2.45) is 0 Å². The Morgan fingerprint density at radius 2 is 2.14 bits per heavy atom. The van der Waals surface area contributed by atoms with Crippen molar-refractivity contribution < 1.29 is 14.5 Å². The Morgan fingerprint density at radius 3 is 2.86 bits per heavy atom. The van der Waals surface area contributed by atoms with Crippen molar-refractivity contribution in [1.82, 2.24) is 15.1 Å². The summed E-state index contributed by atoms with van der Waals surface area (Å²) in [6.07, 6.45) is 0.627. The Kier molecular flexibility index (Phi) is 4.93. The molecule has 28 heavy (non-hydrogen) atoms. The molecule has 1 unspecified atom stereocenters. The molecule has 1 aliphatic heterocycles. The van der Waals surface area contributed by atoms with Gasteiger partial charge in [-0.15, -0.1) is 11.3 Å². The van der Waals surface area contributed by atoms with E-state index >= 15 is 0 Å². The quantitative estimate of drug-likeness (QED) is 0.372. The molecule has 0 bridgehead atoms. The molecular weight excluding hydrogens is 380 g/mol. The third-order valence-electron chi connectivity index (χ3n) is 4.80. The van der Waals surface area contributed by atoms with Crippen molar-refractivity contribution in [1.29, 1.82) is 0 Å². The fraction of sp³-hybridized carbons (Fsp3) is 0.263. The first-order chi connectivity index (χ1) is 13.6. The molecule has 3 heterocycles. The highest BCUT2D eigenvalue weighted by molar-refractivity contribution is 7.13. The molecular formula is C19H18N4O4S. The van der Waals surface area contributed by atoms with Gasteiger partial charge in [0, 0.05) is 31.9 Å². The van der Waals surface area contributed by atoms with E-state index in [0.717, 1.165) is 10.6 Å². The number of benzene rings is 1. The largest absolute Gasteiger partial charge is 0.385 e. The third kappa shape index (κ3) is 2.98. The van der Waals surface area contributed by atoms with Crippen LogP contribution in [-0.4, -0.2) is 46.2 Å². The van der Waals surface area contributed by atoms with Gasteiger partial charge in [-0.05, 0) is 23.9 Å². The monoisotopic (exact) mass is 398 g/mol. The number of thiophene rings is 1. The molecule has 1 aromatic carbocycles. The molecule has 3 aromatic rings. The number of hydrogen-bond donors (Lipinski definition) is 1. The van der Waals surface area contributed by atoms with E-state index in [1.165, 1.54) is 17.4 Å². The number of nitro benzene ring substituents is 1. The van der Waals surface area contributed by atoms with Crippen LogP contribution in [0.4, 0.5) is 5.69 Å². The number of aromatic nitrogens is 2. The van der Waals surface area contributed by atoms with Gasteiger partial charge in [-0.2, -0.15) is 5.10 Å². The van der Waals surface area contributed by atoms with Crippen LogP contribution in [0.3, 0.4) is 0 Å². The zero-order chi connectivity index (χ0) is 19.7. The summed E-state index contributed by atoms with van der Waals surface area (Å²) in [6.45, 7) is 0.915. The van der Waals surface area contributed by atoms with Crippen LogP contribution >= 0.6 is 11.3 Å². The Balaban J connectivity index is 1.87. The van der Waals surface area contributed by atoms with Gasteiger partial charge in [0.2, 0.25) is 0 Å². The number of aromatic amines is 1. The van der Waals surface area contributed by atoms with Gasteiger partial charge in [-0.3, -0.25) is 20.0 Å². The summed E-state index contributed by atoms with van der Waals surface area (Å²) in [4.78, 5) is 26.9. The lowest BCUT2D eigenvalue weighted by Crippen LogP contribution is -2.31. The van der Waals surface area contributed by atoms with Crippen LogP contribution < -0.4 is 0 Å². The topological polar surface area (TPSA) is 101 Å². The number of carbonyl (C=O) groups excluding carboxylic acids is 1. The van der Waals surface area contributed by atoms with Crippen LogP contribution in [0.2, 0.25) is 0 Å². The SMILES string of the molecule is COCCCN1C(=O)c2n[nH]c(-c3cccs3)c2C1c1ccccc1[N+](=O)[O-]. The molecule has 1 aliphatic rings. The van der Waals surface area contributed by atoms with Crippen LogP contribution in [0.5, 0.6) is 0 Å². The molecule has 0 radical (unpaired) electrons. The second-order valence-corrected chi connectivity index (χ2v) is 7.35. The van der Waals surface area contributed by atoms with E-state index < -0.39 is 11.0 Å². The van der Waals surface area contributed by atoms with Crippen molar-refractivity contribution in [3.63, 3.8) is 0 Å². The van der Waals surface area contributed by atoms with E-state index in [1.807, 2.05) is 17.5 Å². The summed E-state index contributed by atoms with van der Waals surface area (Å²) in [5, 5.41) is 20.8. The molecule has 1 atom stereocenters. The summed E-state index contributed by atoms with van der Waals surface area (Å²) in [5.41, 5.74) is 2.22. The van der Waals surface area contributed by atoms with Gasteiger partial charge in [-0.25, -0.2) is 0 Å². The van der Waals surface area contributed by atoms with Crippen molar-refractivity contribution in [2.45, 2.75) is 12.5 Å². The molecule has 0 saturated heterocycles. The minimum atomic E-state index is -0.572. The summed E-state index contributed by atoms with van der Waals surface area (Å²) < 4.78 is 5.11. The van der Waals surface area contributed by atoms with Gasteiger partial charge in [0.25, 0.3) is 11.6 Å². The third-order valence-corrected chi connectivity index (χ3v) is 5.68. The number of methoxy groups -OCH3 is 1. The predicted octanol–water partition coefficient (Wildman–Crippen LogP) is 3.63. The zero-order valence-electron chi connectivity index (χ0n) is 15.1. The standard InChI is InChI=1S/C19H18N4O4S/c1-27-10-5-9-22-18(12-6-2-3-7-13(12)23(25)26)15-16(14-8-4-11-28-14)20-21-17(15)19(22)24/h2-4,6-8,11,18H,5,9-10H2,1H3,(H,20,21). The Hall–Kier alpha value is -3.04. The summed E-state index contributed by atoms with van der Waals surface area (Å²) in [6, 6.07) is 9.84. The number of nitro groups is 1. The molecule has 1 amide bonds. The second-order valence-electron chi connectivity index (χ2n) is 6.40. The number of nitrogens with zero attached hydrogens (tertiary/aromatic N) is 3. The molecule has 0 saturated carbocycles. The molecule has 2 aromatic heterocycles. The molecule has 8 nitrogen and oxygen atoms in total. The van der Waals surface area contributed by atoms with Crippen LogP contribution in [0.1, 0.15) is 34.1 Å². The highest BCUT2D eigenvalue weighted by atomic mass is 32.1. The first-order valence-corrected chi connectivity index (χ1v) is 9.66. The molecule has 144 valence electrons. The number of H-pyrrole nitrogens is 1. The number of hydrogen-bond acceptors (Lipinski definition) is 6. The number of fused-ring (bicyclic) bond motifs is 1. The lowest BCUT2D eigenvalue weighted by Gasteiger charge is -2.26. The Morgan fingerprint density at radius 1 is 1.32 bits per heavy atom. The molecule has 1 N–H and O–H groups in total. The molecule has 4 rings (SSSR count). The van der Waals surface area contributed by atoms with Crippen LogP contribution in [-0.2, 0) is 4.74 Å². The minimum absolute atomic E-state index is 0.0109. The lowest BCUT2D eigenvalue weighted by molar-refractivity contribution is -0.385. The highest BCUT2D eigenvalue weighted by Crippen LogP contribution is 2.45. The smallest absolute Gasteiger partial charge is 0.275 e. The molecule has 9 heteroatoms. The Labute approximate surface area is 164 Å². The highest BCUT2D eigenvalue weighted by Gasteiger charge is 2.44. The van der Waals surface area contributed by atoms with E-state index in [0.29, 0.717) is 36.4 Å². The predicted molar refractivity (Wildman–Crippen MR) is 104 cm³/mol. The molecule has 0 aliphatic carbocycles. The van der Waals surface area contributed by atoms with Crippen LogP contribution in [0.25, 0.3) is 10.6 Å². The lowest BCUT2D eigenvalue weighted by atomic mass is 9.96. The van der Waals surface area contributed by atoms with Crippen molar-refractivity contribution >= 4 is 22.9 Å². The number of carbonyl (C=O) groups is 1. The van der Waals surface area contributed by atoms with E-state index in [4.69, 9.17) is 4.74 Å². The van der Waals surface area contributed by atoms with Crippen LogP contribution in [0.15, 0.2) is 41.8 Å². The zero-order valence-corrected chi connectivity index (χ0v) is 15.9. The van der Waals surface area contributed by atoms with E-state index in [-0.39, 0.29) is 11.6 Å². The average molecular weight is 398 g/mol. The fourth-order valence-corrected chi connectivity index (χ4v) is 4.35. The first-order valence-electron chi connectivity index (χ1n) is 8.78. The number of nitrogens with one attached hydrogen (secondary N) is 1. The average Bonchev–Trinajstić information content (AvgIpc) is 3.41. The number of ether oxygens (including phenoxy) is 1. The molecule has 0 spiro atoms. The summed E-state index contributed by atoms with van der Waals surface area (Å²) >= 11 is 1.52. The maximum atomic E-state index is 13.1. The van der Waals surface area contributed by atoms with Gasteiger partial charge < -0.3 is 9.64 Å². The van der Waals surface area contributed by atoms with Crippen LogP contribution in [0, 0.1) is 10.1 Å². The summed E-state index contributed by atoms with van der Waals surface area (Å²) in [5.74, 6) is -0.228. The molecule has 0 fully saturated rings. The van der Waals surface area contributed by atoms with Gasteiger partial charge >= 0.3 is 0 Å². The number of rotatable bonds is 7.